The lowest BCUT2D eigenvalue weighted by molar-refractivity contribution is -0.222. The van der Waals surface area contributed by atoms with Crippen LogP contribution in [0.25, 0.3) is 0 Å². The molecular formula is C13H11ClN2O5. The van der Waals surface area contributed by atoms with Crippen molar-refractivity contribution >= 4 is 29.4 Å². The first kappa shape index (κ1) is 15.0. The number of hydrogen-bond donors (Lipinski definition) is 1. The molecule has 0 spiro atoms. The van der Waals surface area contributed by atoms with E-state index in [4.69, 9.17) is 21.1 Å². The molecule has 8 heteroatoms. The molecule has 1 saturated heterocycles. The molecule has 1 aromatic heterocycles. The summed E-state index contributed by atoms with van der Waals surface area (Å²) in [6.07, 6.45) is 2.35. The average Bonchev–Trinajstić information content (AvgIpc) is 2.36. The van der Waals surface area contributed by atoms with Gasteiger partial charge in [-0.25, -0.2) is 14.6 Å². The quantitative estimate of drug-likeness (QED) is 0.381. The van der Waals surface area contributed by atoms with Crippen LogP contribution in [0.4, 0.5) is 0 Å². The Morgan fingerprint density at radius 3 is 2.52 bits per heavy atom. The molecule has 0 aliphatic carbocycles. The number of cyclic esters (lactones) is 2. The molecule has 1 fully saturated rings. The molecule has 0 radical (unpaired) electrons. The second kappa shape index (κ2) is 5.53. The van der Waals surface area contributed by atoms with Gasteiger partial charge in [0.05, 0.1) is 5.56 Å². The van der Waals surface area contributed by atoms with Crippen LogP contribution in [0.2, 0.25) is 5.15 Å². The van der Waals surface area contributed by atoms with Gasteiger partial charge in [-0.2, -0.15) is 0 Å². The molecule has 1 aromatic rings. The van der Waals surface area contributed by atoms with Crippen molar-refractivity contribution in [3.05, 3.63) is 40.8 Å². The maximum Gasteiger partial charge on any atom is 0.350 e. The fourth-order valence-corrected chi connectivity index (χ4v) is 1.75. The van der Waals surface area contributed by atoms with Crippen LogP contribution >= 0.6 is 11.6 Å². The third-order valence-corrected chi connectivity index (χ3v) is 2.77. The lowest BCUT2D eigenvalue weighted by Crippen LogP contribution is -2.42. The minimum Gasteiger partial charge on any atom is -0.419 e. The SMILES string of the molecule is CC1(C)OC(=O)C(=CNC(=O)c2cccnc2Cl)C(=O)O1. The van der Waals surface area contributed by atoms with Crippen LogP contribution < -0.4 is 5.32 Å². The van der Waals surface area contributed by atoms with Gasteiger partial charge < -0.3 is 14.8 Å². The number of aromatic nitrogens is 1. The number of carbonyl (C=O) groups excluding carboxylic acids is 3. The monoisotopic (exact) mass is 310 g/mol. The second-order valence-electron chi connectivity index (χ2n) is 4.55. The Morgan fingerprint density at radius 2 is 1.95 bits per heavy atom. The summed E-state index contributed by atoms with van der Waals surface area (Å²) in [4.78, 5) is 38.9. The van der Waals surface area contributed by atoms with E-state index in [0.717, 1.165) is 6.20 Å². The number of nitrogens with one attached hydrogen (secondary N) is 1. The summed E-state index contributed by atoms with van der Waals surface area (Å²) in [5.41, 5.74) is -0.309. The molecule has 0 saturated carbocycles. The van der Waals surface area contributed by atoms with Crippen LogP contribution in [-0.4, -0.2) is 28.6 Å². The highest BCUT2D eigenvalue weighted by Gasteiger charge is 2.39. The Morgan fingerprint density at radius 1 is 1.33 bits per heavy atom. The van der Waals surface area contributed by atoms with E-state index in [0.29, 0.717) is 0 Å². The fraction of sp³-hybridized carbons (Fsp3) is 0.231. The standard InChI is InChI=1S/C13H11ClN2O5/c1-13(2)20-11(18)8(12(19)21-13)6-16-10(17)7-4-3-5-15-9(7)14/h3-6H,1-2H3,(H,16,17). The Bertz CT molecular complexity index is 632. The summed E-state index contributed by atoms with van der Waals surface area (Å²) in [5.74, 6) is -3.71. The molecule has 21 heavy (non-hydrogen) atoms. The van der Waals surface area contributed by atoms with Gasteiger partial charge in [0.15, 0.2) is 5.57 Å². The Balaban J connectivity index is 2.15. The first-order valence-corrected chi connectivity index (χ1v) is 6.26. The topological polar surface area (TPSA) is 94.6 Å². The zero-order chi connectivity index (χ0) is 15.6. The summed E-state index contributed by atoms with van der Waals surface area (Å²) in [5, 5.41) is 2.27. The molecule has 0 bridgehead atoms. The maximum atomic E-state index is 11.9. The van der Waals surface area contributed by atoms with Gasteiger partial charge in [-0.1, -0.05) is 11.6 Å². The lowest BCUT2D eigenvalue weighted by atomic mass is 10.2. The van der Waals surface area contributed by atoms with Crippen LogP contribution in [0.15, 0.2) is 30.1 Å². The van der Waals surface area contributed by atoms with Crippen LogP contribution in [-0.2, 0) is 19.1 Å². The number of pyridine rings is 1. The van der Waals surface area contributed by atoms with Crippen LogP contribution in [0, 0.1) is 0 Å². The predicted octanol–water partition coefficient (Wildman–Crippen LogP) is 1.18. The van der Waals surface area contributed by atoms with Crippen molar-refractivity contribution in [1.82, 2.24) is 10.3 Å². The normalized spacial score (nSPS) is 16.8. The molecule has 1 aliphatic rings. The average molecular weight is 311 g/mol. The Hall–Kier alpha value is -2.41. The van der Waals surface area contributed by atoms with E-state index < -0.39 is 29.2 Å². The number of amides is 1. The molecule has 7 nitrogen and oxygen atoms in total. The van der Waals surface area contributed by atoms with Crippen molar-refractivity contribution in [1.29, 1.82) is 0 Å². The van der Waals surface area contributed by atoms with Crippen LogP contribution in [0.3, 0.4) is 0 Å². The molecular weight excluding hydrogens is 300 g/mol. The summed E-state index contributed by atoms with van der Waals surface area (Å²) in [6, 6.07) is 2.98. The number of hydrogen-bond acceptors (Lipinski definition) is 6. The molecule has 1 aliphatic heterocycles. The first-order chi connectivity index (χ1) is 9.80. The third-order valence-electron chi connectivity index (χ3n) is 2.47. The van der Waals surface area contributed by atoms with E-state index in [1.54, 1.807) is 0 Å². The number of halogens is 1. The molecule has 0 aromatic carbocycles. The van der Waals surface area contributed by atoms with Gasteiger partial charge in [0, 0.05) is 26.2 Å². The fourth-order valence-electron chi connectivity index (χ4n) is 1.55. The molecule has 0 atom stereocenters. The van der Waals surface area contributed by atoms with Gasteiger partial charge in [-0.05, 0) is 12.1 Å². The second-order valence-corrected chi connectivity index (χ2v) is 4.91. The Labute approximate surface area is 124 Å². The number of nitrogens with zero attached hydrogens (tertiary/aromatic N) is 1. The van der Waals surface area contributed by atoms with Crippen molar-refractivity contribution in [3.8, 4) is 0 Å². The highest BCUT2D eigenvalue weighted by Crippen LogP contribution is 2.22. The highest BCUT2D eigenvalue weighted by atomic mass is 35.5. The highest BCUT2D eigenvalue weighted by molar-refractivity contribution is 6.32. The summed E-state index contributed by atoms with van der Waals surface area (Å²) in [6.45, 7) is 2.85. The molecule has 2 heterocycles. The molecule has 1 N–H and O–H groups in total. The van der Waals surface area contributed by atoms with E-state index in [-0.39, 0.29) is 10.7 Å². The van der Waals surface area contributed by atoms with Gasteiger partial charge >= 0.3 is 11.9 Å². The minimum absolute atomic E-state index is 0.00308. The zero-order valence-electron chi connectivity index (χ0n) is 11.2. The van der Waals surface area contributed by atoms with Gasteiger partial charge in [0.2, 0.25) is 0 Å². The maximum absolute atomic E-state index is 11.9. The van der Waals surface area contributed by atoms with Gasteiger partial charge in [0.25, 0.3) is 11.7 Å². The zero-order valence-corrected chi connectivity index (χ0v) is 11.9. The van der Waals surface area contributed by atoms with E-state index in [2.05, 4.69) is 10.3 Å². The third kappa shape index (κ3) is 3.38. The van der Waals surface area contributed by atoms with Gasteiger partial charge in [-0.15, -0.1) is 0 Å². The van der Waals surface area contributed by atoms with Crippen molar-refractivity contribution in [3.63, 3.8) is 0 Å². The van der Waals surface area contributed by atoms with E-state index >= 15 is 0 Å². The molecule has 2 rings (SSSR count). The molecule has 110 valence electrons. The number of esters is 2. The summed E-state index contributed by atoms with van der Waals surface area (Å²) < 4.78 is 9.76. The van der Waals surface area contributed by atoms with Crippen LogP contribution in [0.1, 0.15) is 24.2 Å². The van der Waals surface area contributed by atoms with Crippen molar-refractivity contribution in [2.24, 2.45) is 0 Å². The van der Waals surface area contributed by atoms with Crippen molar-refractivity contribution in [2.75, 3.05) is 0 Å². The van der Waals surface area contributed by atoms with Gasteiger partial charge in [-0.3, -0.25) is 4.79 Å². The number of carbonyl (C=O) groups is 3. The smallest absolute Gasteiger partial charge is 0.350 e. The number of rotatable bonds is 2. The summed E-state index contributed by atoms with van der Waals surface area (Å²) >= 11 is 5.76. The largest absolute Gasteiger partial charge is 0.419 e. The van der Waals surface area contributed by atoms with Crippen molar-refractivity contribution in [2.45, 2.75) is 19.6 Å². The van der Waals surface area contributed by atoms with E-state index in [1.807, 2.05) is 0 Å². The Kier molecular flexibility index (Phi) is 3.95. The summed E-state index contributed by atoms with van der Waals surface area (Å²) in [7, 11) is 0. The van der Waals surface area contributed by atoms with E-state index in [1.165, 1.54) is 32.2 Å². The van der Waals surface area contributed by atoms with E-state index in [9.17, 15) is 14.4 Å². The first-order valence-electron chi connectivity index (χ1n) is 5.88. The molecule has 0 unspecified atom stereocenters. The van der Waals surface area contributed by atoms with Gasteiger partial charge in [0.1, 0.15) is 5.15 Å². The predicted molar refractivity (Wildman–Crippen MR) is 71.1 cm³/mol. The van der Waals surface area contributed by atoms with Crippen LogP contribution in [0.5, 0.6) is 0 Å². The van der Waals surface area contributed by atoms with Crippen molar-refractivity contribution < 1.29 is 23.9 Å². The minimum atomic E-state index is -1.33. The molecule has 1 amide bonds. The lowest BCUT2D eigenvalue weighted by Gasteiger charge is -2.29. The number of ether oxygens (including phenoxy) is 2.